The summed E-state index contributed by atoms with van der Waals surface area (Å²) >= 11 is 2.63. The third kappa shape index (κ3) is 3.48. The van der Waals surface area contributed by atoms with Crippen LogP contribution < -0.4 is 5.01 Å². The van der Waals surface area contributed by atoms with E-state index in [1.165, 1.54) is 30.6 Å². The highest BCUT2D eigenvalue weighted by Gasteiger charge is 2.57. The van der Waals surface area contributed by atoms with Gasteiger partial charge in [-0.05, 0) is 37.2 Å². The Kier molecular flexibility index (Phi) is 6.24. The molecule has 2 heterocycles. The Morgan fingerprint density at radius 3 is 2.46 bits per heavy atom. The third-order valence-corrected chi connectivity index (χ3v) is 7.30. The number of carbonyl (C=O) groups excluding carboxylic acids is 2. The highest BCUT2D eigenvalue weighted by Crippen LogP contribution is 2.59. The number of benzene rings is 1. The average Bonchev–Trinajstić information content (AvgIpc) is 3.23. The Morgan fingerprint density at radius 2 is 1.86 bits per heavy atom. The average molecular weight is 422 g/mol. The molecular weight excluding hydrogens is 398 g/mol. The minimum atomic E-state index is -0.836. The predicted octanol–water partition coefficient (Wildman–Crippen LogP) is 3.59. The van der Waals surface area contributed by atoms with Crippen molar-refractivity contribution >= 4 is 46.2 Å². The molecule has 7 nitrogen and oxygen atoms in total. The van der Waals surface area contributed by atoms with Gasteiger partial charge in [-0.1, -0.05) is 43.3 Å². The van der Waals surface area contributed by atoms with E-state index in [1.54, 1.807) is 11.9 Å². The molecule has 0 bridgehead atoms. The van der Waals surface area contributed by atoms with E-state index in [0.717, 1.165) is 24.2 Å². The lowest BCUT2D eigenvalue weighted by Crippen LogP contribution is -2.47. The zero-order chi connectivity index (χ0) is 20.3. The van der Waals surface area contributed by atoms with Crippen molar-refractivity contribution in [2.45, 2.75) is 31.0 Å². The Hall–Kier alpha value is -2.13. The summed E-state index contributed by atoms with van der Waals surface area (Å²) in [6.07, 6.45) is 1.59. The quantitative estimate of drug-likeness (QED) is 0.646. The first kappa shape index (κ1) is 20.6. The smallest absolute Gasteiger partial charge is 0.365 e. The molecule has 0 N–H and O–H groups in total. The van der Waals surface area contributed by atoms with Crippen molar-refractivity contribution in [2.24, 2.45) is 5.10 Å². The fraction of sp³-hybridized carbons (Fsp3) is 0.421. The monoisotopic (exact) mass is 421 g/mol. The molecule has 1 atom stereocenters. The van der Waals surface area contributed by atoms with Crippen molar-refractivity contribution in [3.8, 4) is 0 Å². The maximum atomic E-state index is 12.6. The molecule has 9 heteroatoms. The van der Waals surface area contributed by atoms with Crippen LogP contribution >= 0.6 is 23.5 Å². The lowest BCUT2D eigenvalue weighted by Gasteiger charge is -2.39. The Labute approximate surface area is 173 Å². The second kappa shape index (κ2) is 8.48. The summed E-state index contributed by atoms with van der Waals surface area (Å²) in [5, 5.41) is 6.56. The molecule has 0 aromatic heterocycles. The van der Waals surface area contributed by atoms with Crippen LogP contribution in [-0.4, -0.2) is 47.0 Å². The van der Waals surface area contributed by atoms with Crippen molar-refractivity contribution < 1.29 is 19.1 Å². The maximum Gasteiger partial charge on any atom is 0.365 e. The molecule has 0 radical (unpaired) electrons. The topological polar surface area (TPSA) is 71.4 Å². The molecule has 3 rings (SSSR count). The van der Waals surface area contributed by atoms with Gasteiger partial charge in [-0.3, -0.25) is 0 Å². The van der Waals surface area contributed by atoms with Gasteiger partial charge in [0.05, 0.1) is 19.4 Å². The number of methoxy groups -OCH3 is 1. The number of carbonyl (C=O) groups is 2. The summed E-state index contributed by atoms with van der Waals surface area (Å²) in [7, 11) is 3.25. The summed E-state index contributed by atoms with van der Waals surface area (Å²) in [6, 6.07) is 9.57. The number of nitrogens with zero attached hydrogens (tertiary/aromatic N) is 3. The van der Waals surface area contributed by atoms with E-state index in [0.29, 0.717) is 11.5 Å². The van der Waals surface area contributed by atoms with Gasteiger partial charge >= 0.3 is 11.9 Å². The van der Waals surface area contributed by atoms with Crippen LogP contribution in [0.4, 0.5) is 5.69 Å². The largest absolute Gasteiger partial charge is 0.464 e. The van der Waals surface area contributed by atoms with E-state index in [9.17, 15) is 9.59 Å². The minimum Gasteiger partial charge on any atom is -0.464 e. The molecule has 1 aromatic carbocycles. The van der Waals surface area contributed by atoms with E-state index in [-0.39, 0.29) is 11.0 Å². The van der Waals surface area contributed by atoms with Crippen molar-refractivity contribution in [2.75, 3.05) is 25.8 Å². The normalized spacial score (nSPS) is 21.4. The second-order valence-corrected chi connectivity index (χ2v) is 8.70. The molecule has 2 aliphatic rings. The molecule has 0 aliphatic carbocycles. The van der Waals surface area contributed by atoms with Gasteiger partial charge in [0.25, 0.3) is 0 Å². The number of anilines is 1. The number of esters is 2. The molecule has 1 aromatic rings. The van der Waals surface area contributed by atoms with Crippen LogP contribution in [0, 0.1) is 0 Å². The Morgan fingerprint density at radius 1 is 1.14 bits per heavy atom. The Balaban J connectivity index is 2.06. The lowest BCUT2D eigenvalue weighted by atomic mass is 10.2. The van der Waals surface area contributed by atoms with E-state index < -0.39 is 10.3 Å². The van der Waals surface area contributed by atoms with E-state index in [2.05, 4.69) is 12.0 Å². The molecule has 1 unspecified atom stereocenters. The van der Waals surface area contributed by atoms with Crippen LogP contribution in [0.2, 0.25) is 0 Å². The van der Waals surface area contributed by atoms with E-state index >= 15 is 0 Å². The van der Waals surface area contributed by atoms with Crippen molar-refractivity contribution in [1.82, 2.24) is 4.90 Å². The lowest BCUT2D eigenvalue weighted by molar-refractivity contribution is -0.137. The first-order chi connectivity index (χ1) is 13.5. The van der Waals surface area contributed by atoms with Gasteiger partial charge in [0.15, 0.2) is 0 Å². The summed E-state index contributed by atoms with van der Waals surface area (Å²) in [4.78, 5) is 27.5. The van der Waals surface area contributed by atoms with Crippen LogP contribution in [0.15, 0.2) is 46.0 Å². The second-order valence-electron chi connectivity index (χ2n) is 6.10. The summed E-state index contributed by atoms with van der Waals surface area (Å²) in [6.45, 7) is 4.15. The molecule has 1 spiro atoms. The first-order valence-electron chi connectivity index (χ1n) is 9.02. The van der Waals surface area contributed by atoms with Gasteiger partial charge in [-0.15, -0.1) is 0 Å². The van der Waals surface area contributed by atoms with Gasteiger partial charge in [0, 0.05) is 12.7 Å². The summed E-state index contributed by atoms with van der Waals surface area (Å²) in [5.74, 6) is -0.849. The third-order valence-electron chi connectivity index (χ3n) is 4.32. The van der Waals surface area contributed by atoms with Crippen LogP contribution in [0.5, 0.6) is 0 Å². The number of rotatable bonds is 6. The van der Waals surface area contributed by atoms with Crippen LogP contribution in [0.25, 0.3) is 0 Å². The Bertz CT molecular complexity index is 828. The molecule has 0 fully saturated rings. The molecule has 28 heavy (non-hydrogen) atoms. The molecule has 2 aliphatic heterocycles. The van der Waals surface area contributed by atoms with E-state index in [4.69, 9.17) is 9.47 Å². The van der Waals surface area contributed by atoms with Crippen LogP contribution in [-0.2, 0) is 19.1 Å². The number of ether oxygens (including phenoxy) is 2. The first-order valence-corrected chi connectivity index (χ1v) is 10.7. The van der Waals surface area contributed by atoms with Crippen molar-refractivity contribution in [3.05, 3.63) is 40.9 Å². The molecule has 0 saturated carbocycles. The highest BCUT2D eigenvalue weighted by molar-refractivity contribution is 8.28. The number of thioether (sulfide) groups is 2. The van der Waals surface area contributed by atoms with Crippen molar-refractivity contribution in [1.29, 1.82) is 0 Å². The van der Waals surface area contributed by atoms with Gasteiger partial charge in [0.1, 0.15) is 4.91 Å². The predicted molar refractivity (Wildman–Crippen MR) is 113 cm³/mol. The van der Waals surface area contributed by atoms with Crippen LogP contribution in [0.1, 0.15) is 26.7 Å². The van der Waals surface area contributed by atoms with Gasteiger partial charge in [0.2, 0.25) is 9.37 Å². The van der Waals surface area contributed by atoms with Crippen LogP contribution in [0.3, 0.4) is 0 Å². The molecule has 0 saturated heterocycles. The van der Waals surface area contributed by atoms with Gasteiger partial charge in [-0.2, -0.15) is 5.10 Å². The minimum absolute atomic E-state index is 0.242. The number of hydrogen-bond donors (Lipinski definition) is 0. The van der Waals surface area contributed by atoms with Gasteiger partial charge in [-0.25, -0.2) is 14.6 Å². The molecular formula is C19H23N3O4S2. The number of para-hydroxylation sites is 1. The maximum absolute atomic E-state index is 12.6. The highest BCUT2D eigenvalue weighted by atomic mass is 32.2. The van der Waals surface area contributed by atoms with Gasteiger partial charge < -0.3 is 14.4 Å². The molecule has 0 amide bonds. The zero-order valence-corrected chi connectivity index (χ0v) is 17.9. The number of hydrazone groups is 1. The molecule has 150 valence electrons. The standard InChI is InChI=1S/C19H23N3O4S2/c1-5-10-14-15(17(23)26-6-2)27-19(21(14)3)22(13-11-8-7-9-12-13)20-16(28-19)18(24)25-4/h7-9,11-12H,5-6,10H2,1-4H3. The zero-order valence-electron chi connectivity index (χ0n) is 16.3. The fourth-order valence-electron chi connectivity index (χ4n) is 3.04. The number of allylic oxidation sites excluding steroid dienone is 1. The number of hydrogen-bond acceptors (Lipinski definition) is 9. The summed E-state index contributed by atoms with van der Waals surface area (Å²) < 4.78 is 9.35. The van der Waals surface area contributed by atoms with E-state index in [1.807, 2.05) is 42.3 Å². The fourth-order valence-corrected chi connectivity index (χ4v) is 5.95. The summed E-state index contributed by atoms with van der Waals surface area (Å²) in [5.41, 5.74) is 1.70. The van der Waals surface area contributed by atoms with Crippen molar-refractivity contribution in [3.63, 3.8) is 0 Å². The SMILES string of the molecule is CCCC1=C(C(=O)OCC)SC2(SC(C(=O)OC)=NN2c2ccccc2)N1C.